The second-order valence-electron chi connectivity index (χ2n) is 4.54. The van der Waals surface area contributed by atoms with Crippen molar-refractivity contribution in [2.24, 2.45) is 0 Å². The van der Waals surface area contributed by atoms with Gasteiger partial charge in [-0.05, 0) is 41.3 Å². The Morgan fingerprint density at radius 3 is 2.95 bits per heavy atom. The van der Waals surface area contributed by atoms with Gasteiger partial charge >= 0.3 is 5.97 Å². The van der Waals surface area contributed by atoms with E-state index in [1.807, 2.05) is 0 Å². The number of hydrogen-bond donors (Lipinski definition) is 0. The topological polar surface area (TPSA) is 48.4 Å². The molecule has 1 aliphatic carbocycles. The van der Waals surface area contributed by atoms with Gasteiger partial charge in [0, 0.05) is 24.2 Å². The van der Waals surface area contributed by atoms with Crippen LogP contribution in [0.3, 0.4) is 0 Å². The molecule has 2 atom stereocenters. The largest absolute Gasteiger partial charge is 0.459 e. The summed E-state index contributed by atoms with van der Waals surface area (Å²) >= 11 is 9.17. The molecule has 1 heterocycles. The van der Waals surface area contributed by atoms with Crippen molar-refractivity contribution in [2.45, 2.75) is 37.9 Å². The smallest absolute Gasteiger partial charge is 0.341 e. The van der Waals surface area contributed by atoms with Gasteiger partial charge in [-0.2, -0.15) is 0 Å². The van der Waals surface area contributed by atoms with Gasteiger partial charge in [0.1, 0.15) is 11.3 Å². The Bertz CT molecular complexity index is 469. The van der Waals surface area contributed by atoms with Crippen molar-refractivity contribution in [3.8, 4) is 0 Å². The highest BCUT2D eigenvalue weighted by Gasteiger charge is 2.26. The van der Waals surface area contributed by atoms with Crippen molar-refractivity contribution in [2.75, 3.05) is 7.11 Å². The molecule has 1 aromatic rings. The van der Waals surface area contributed by atoms with Crippen LogP contribution in [-0.4, -0.2) is 30.3 Å². The van der Waals surface area contributed by atoms with E-state index < -0.39 is 5.97 Å². The summed E-state index contributed by atoms with van der Waals surface area (Å²) in [6, 6.07) is 1.62. The average molecular weight is 349 g/mol. The lowest BCUT2D eigenvalue weighted by Gasteiger charge is -2.27. The molecule has 1 fully saturated rings. The monoisotopic (exact) mass is 347 g/mol. The van der Waals surface area contributed by atoms with Crippen molar-refractivity contribution in [1.29, 1.82) is 0 Å². The van der Waals surface area contributed by atoms with Gasteiger partial charge in [-0.15, -0.1) is 0 Å². The van der Waals surface area contributed by atoms with Crippen LogP contribution < -0.4 is 0 Å². The number of nitrogens with zero attached hydrogens (tertiary/aromatic N) is 1. The van der Waals surface area contributed by atoms with Gasteiger partial charge in [0.25, 0.3) is 0 Å². The van der Waals surface area contributed by atoms with E-state index in [1.165, 1.54) is 0 Å². The third kappa shape index (κ3) is 3.91. The summed E-state index contributed by atoms with van der Waals surface area (Å²) in [5, 5.41) is 0.160. The molecule has 0 radical (unpaired) electrons. The second kappa shape index (κ2) is 6.68. The molecule has 6 heteroatoms. The number of carbonyl (C=O) groups is 1. The zero-order valence-electron chi connectivity index (χ0n) is 10.6. The molecule has 1 saturated carbocycles. The lowest BCUT2D eigenvalue weighted by atomic mass is 9.95. The van der Waals surface area contributed by atoms with Gasteiger partial charge in [0.2, 0.25) is 0 Å². The summed E-state index contributed by atoms with van der Waals surface area (Å²) < 4.78 is 11.5. The summed E-state index contributed by atoms with van der Waals surface area (Å²) in [5.41, 5.74) is 0.288. The molecular formula is C13H15BrClNO3. The summed E-state index contributed by atoms with van der Waals surface area (Å²) in [5.74, 6) is -0.430. The first-order valence-corrected chi connectivity index (χ1v) is 7.32. The minimum Gasteiger partial charge on any atom is -0.459 e. The number of hydrogen-bond acceptors (Lipinski definition) is 4. The Kier molecular flexibility index (Phi) is 5.19. The number of esters is 1. The molecule has 0 aliphatic heterocycles. The maximum atomic E-state index is 12.1. The molecule has 0 aromatic carbocycles. The molecule has 1 aliphatic rings. The van der Waals surface area contributed by atoms with Gasteiger partial charge in [-0.3, -0.25) is 0 Å². The fourth-order valence-corrected chi connectivity index (χ4v) is 2.72. The van der Waals surface area contributed by atoms with Crippen molar-refractivity contribution < 1.29 is 14.3 Å². The van der Waals surface area contributed by atoms with E-state index in [4.69, 9.17) is 21.1 Å². The minimum absolute atomic E-state index is 0.110. The van der Waals surface area contributed by atoms with Crippen molar-refractivity contribution in [3.63, 3.8) is 0 Å². The van der Waals surface area contributed by atoms with Crippen LogP contribution in [-0.2, 0) is 9.47 Å². The number of carbonyl (C=O) groups excluding carboxylic acids is 1. The predicted octanol–water partition coefficient (Wildman–Crippen LogP) is 3.61. The summed E-state index contributed by atoms with van der Waals surface area (Å²) in [4.78, 5) is 16.0. The molecule has 0 bridgehead atoms. The zero-order valence-corrected chi connectivity index (χ0v) is 12.9. The van der Waals surface area contributed by atoms with E-state index in [9.17, 15) is 4.79 Å². The number of ether oxygens (including phenoxy) is 2. The maximum Gasteiger partial charge on any atom is 0.341 e. The van der Waals surface area contributed by atoms with E-state index in [0.717, 1.165) is 25.7 Å². The number of halogens is 2. The van der Waals surface area contributed by atoms with Gasteiger partial charge in [0.05, 0.1) is 11.7 Å². The molecule has 2 unspecified atom stereocenters. The molecular weight excluding hydrogens is 334 g/mol. The van der Waals surface area contributed by atoms with Crippen molar-refractivity contribution >= 4 is 33.5 Å². The molecule has 0 N–H and O–H groups in total. The maximum absolute atomic E-state index is 12.1. The Labute approximate surface area is 125 Å². The van der Waals surface area contributed by atoms with E-state index >= 15 is 0 Å². The van der Waals surface area contributed by atoms with Crippen LogP contribution >= 0.6 is 27.5 Å². The first kappa shape index (κ1) is 14.8. The fraction of sp³-hybridized carbons (Fsp3) is 0.538. The Balaban J connectivity index is 2.02. The Hall–Kier alpha value is -0.650. The normalized spacial score (nSPS) is 23.1. The molecule has 0 amide bonds. The first-order valence-electron chi connectivity index (χ1n) is 6.15. The molecule has 19 heavy (non-hydrogen) atoms. The first-order chi connectivity index (χ1) is 9.10. The lowest BCUT2D eigenvalue weighted by molar-refractivity contribution is -0.0149. The number of aromatic nitrogens is 1. The van der Waals surface area contributed by atoms with E-state index in [1.54, 1.807) is 19.4 Å². The molecule has 1 aromatic heterocycles. The Morgan fingerprint density at radius 2 is 2.21 bits per heavy atom. The quantitative estimate of drug-likeness (QED) is 0.618. The molecule has 2 rings (SSSR count). The van der Waals surface area contributed by atoms with Crippen molar-refractivity contribution in [1.82, 2.24) is 4.98 Å². The minimum atomic E-state index is -0.430. The lowest BCUT2D eigenvalue weighted by Crippen LogP contribution is -2.29. The average Bonchev–Trinajstić information content (AvgIpc) is 2.41. The third-order valence-corrected chi connectivity index (χ3v) is 3.95. The summed E-state index contributed by atoms with van der Waals surface area (Å²) in [6.07, 6.45) is 5.22. The highest BCUT2D eigenvalue weighted by atomic mass is 79.9. The summed E-state index contributed by atoms with van der Waals surface area (Å²) in [7, 11) is 1.68. The van der Waals surface area contributed by atoms with Gasteiger partial charge in [-0.25, -0.2) is 9.78 Å². The number of pyridine rings is 1. The van der Waals surface area contributed by atoms with Crippen LogP contribution in [0, 0.1) is 0 Å². The van der Waals surface area contributed by atoms with E-state index in [-0.39, 0.29) is 22.9 Å². The SMILES string of the molecule is COC1CCCC(OC(=O)c2cc(Br)cnc2Cl)C1. The van der Waals surface area contributed by atoms with Crippen LogP contribution in [0.5, 0.6) is 0 Å². The zero-order chi connectivity index (χ0) is 13.8. The van der Waals surface area contributed by atoms with Crippen LogP contribution in [0.25, 0.3) is 0 Å². The van der Waals surface area contributed by atoms with Crippen LogP contribution in [0.15, 0.2) is 16.7 Å². The predicted molar refractivity (Wildman–Crippen MR) is 75.4 cm³/mol. The standard InChI is InChI=1S/C13H15BrClNO3/c1-18-9-3-2-4-10(6-9)19-13(17)11-5-8(14)7-16-12(11)15/h5,7,9-10H,2-4,6H2,1H3. The molecule has 0 saturated heterocycles. The van der Waals surface area contributed by atoms with E-state index in [2.05, 4.69) is 20.9 Å². The number of rotatable bonds is 3. The molecule has 4 nitrogen and oxygen atoms in total. The highest BCUT2D eigenvalue weighted by molar-refractivity contribution is 9.10. The van der Waals surface area contributed by atoms with Gasteiger partial charge < -0.3 is 9.47 Å². The highest BCUT2D eigenvalue weighted by Crippen LogP contribution is 2.25. The van der Waals surface area contributed by atoms with Crippen LogP contribution in [0.4, 0.5) is 0 Å². The van der Waals surface area contributed by atoms with Crippen LogP contribution in [0.1, 0.15) is 36.0 Å². The molecule has 0 spiro atoms. The number of methoxy groups -OCH3 is 1. The Morgan fingerprint density at radius 1 is 1.47 bits per heavy atom. The summed E-state index contributed by atoms with van der Waals surface area (Å²) in [6.45, 7) is 0. The fourth-order valence-electron chi connectivity index (χ4n) is 2.20. The third-order valence-electron chi connectivity index (χ3n) is 3.21. The molecule has 104 valence electrons. The van der Waals surface area contributed by atoms with Gasteiger partial charge in [-0.1, -0.05) is 11.6 Å². The van der Waals surface area contributed by atoms with Gasteiger partial charge in [0.15, 0.2) is 0 Å². The second-order valence-corrected chi connectivity index (χ2v) is 5.82. The van der Waals surface area contributed by atoms with E-state index in [0.29, 0.717) is 4.47 Å². The van der Waals surface area contributed by atoms with Crippen molar-refractivity contribution in [3.05, 3.63) is 27.5 Å². The van der Waals surface area contributed by atoms with Crippen LogP contribution in [0.2, 0.25) is 5.15 Å².